The zero-order valence-corrected chi connectivity index (χ0v) is 10.1. The van der Waals surface area contributed by atoms with Crippen molar-refractivity contribution in [3.8, 4) is 0 Å². The van der Waals surface area contributed by atoms with Gasteiger partial charge >= 0.3 is 0 Å². The first kappa shape index (κ1) is 11.2. The molecule has 0 saturated heterocycles. The fourth-order valence-electron chi connectivity index (χ4n) is 1.43. The molecule has 1 aromatic heterocycles. The molecule has 2 aromatic rings. The monoisotopic (exact) mass is 233 g/mol. The highest BCUT2D eigenvalue weighted by Gasteiger charge is 2.10. The maximum atomic E-state index is 5.91. The van der Waals surface area contributed by atoms with Crippen molar-refractivity contribution in [2.45, 2.75) is 25.8 Å². The van der Waals surface area contributed by atoms with Gasteiger partial charge in [0.25, 0.3) is 0 Å². The van der Waals surface area contributed by atoms with Crippen LogP contribution in [0.5, 0.6) is 0 Å². The van der Waals surface area contributed by atoms with Crippen molar-refractivity contribution in [3.05, 3.63) is 45.9 Å². The van der Waals surface area contributed by atoms with Gasteiger partial charge in [0, 0.05) is 6.42 Å². The Morgan fingerprint density at radius 3 is 2.69 bits per heavy atom. The summed E-state index contributed by atoms with van der Waals surface area (Å²) >= 11 is 1.61. The fraction of sp³-hybridized carbons (Fsp3) is 0.333. The van der Waals surface area contributed by atoms with Crippen molar-refractivity contribution in [3.63, 3.8) is 0 Å². The second-order valence-corrected chi connectivity index (χ2v) is 4.80. The molecule has 3 nitrogen and oxygen atoms in total. The topological polar surface area (TPSA) is 51.8 Å². The van der Waals surface area contributed by atoms with Gasteiger partial charge in [0.05, 0.1) is 6.04 Å². The predicted octanol–water partition coefficient (Wildman–Crippen LogP) is 2.54. The molecule has 0 amide bonds. The summed E-state index contributed by atoms with van der Waals surface area (Å²) in [5, 5.41) is 10.3. The molecule has 0 bridgehead atoms. The molecule has 0 aliphatic heterocycles. The number of nitrogens with zero attached hydrogens (tertiary/aromatic N) is 2. The van der Waals surface area contributed by atoms with E-state index in [9.17, 15) is 0 Å². The summed E-state index contributed by atoms with van der Waals surface area (Å²) in [5.74, 6) is 0. The minimum Gasteiger partial charge on any atom is -0.322 e. The van der Waals surface area contributed by atoms with Crippen LogP contribution in [0, 0.1) is 0 Å². The Labute approximate surface area is 99.3 Å². The lowest BCUT2D eigenvalue weighted by atomic mass is 10.2. The van der Waals surface area contributed by atoms with Crippen molar-refractivity contribution in [1.82, 2.24) is 10.2 Å². The van der Waals surface area contributed by atoms with Gasteiger partial charge in [0.2, 0.25) is 0 Å². The van der Waals surface area contributed by atoms with Gasteiger partial charge in [0.15, 0.2) is 0 Å². The van der Waals surface area contributed by atoms with Gasteiger partial charge in [-0.2, -0.15) is 0 Å². The van der Waals surface area contributed by atoms with Crippen molar-refractivity contribution in [1.29, 1.82) is 0 Å². The molecule has 2 N–H and O–H groups in total. The third kappa shape index (κ3) is 2.65. The first-order valence-corrected chi connectivity index (χ1v) is 6.23. The van der Waals surface area contributed by atoms with E-state index in [1.54, 1.807) is 11.3 Å². The van der Waals surface area contributed by atoms with Crippen molar-refractivity contribution in [2.75, 3.05) is 0 Å². The van der Waals surface area contributed by atoms with E-state index < -0.39 is 0 Å². The first-order chi connectivity index (χ1) is 7.79. The predicted molar refractivity (Wildman–Crippen MR) is 66.4 cm³/mol. The van der Waals surface area contributed by atoms with E-state index in [0.717, 1.165) is 22.9 Å². The normalized spacial score (nSPS) is 12.6. The summed E-state index contributed by atoms with van der Waals surface area (Å²) < 4.78 is 0. The number of hydrogen-bond donors (Lipinski definition) is 1. The Morgan fingerprint density at radius 2 is 2.00 bits per heavy atom. The van der Waals surface area contributed by atoms with Crippen LogP contribution < -0.4 is 5.73 Å². The Hall–Kier alpha value is -1.26. The molecule has 1 atom stereocenters. The van der Waals surface area contributed by atoms with E-state index in [0.29, 0.717) is 0 Å². The minimum absolute atomic E-state index is 0.0297. The number of aromatic nitrogens is 2. The van der Waals surface area contributed by atoms with Crippen LogP contribution in [0.4, 0.5) is 0 Å². The van der Waals surface area contributed by atoms with E-state index in [1.165, 1.54) is 5.56 Å². The fourth-order valence-corrected chi connectivity index (χ4v) is 2.39. The molecule has 0 radical (unpaired) electrons. The van der Waals surface area contributed by atoms with Gasteiger partial charge in [0.1, 0.15) is 10.0 Å². The maximum Gasteiger partial charge on any atom is 0.134 e. The van der Waals surface area contributed by atoms with Crippen LogP contribution in [0.25, 0.3) is 0 Å². The van der Waals surface area contributed by atoms with E-state index in [2.05, 4.69) is 29.3 Å². The van der Waals surface area contributed by atoms with Crippen LogP contribution in [0.1, 0.15) is 35.0 Å². The Bertz CT molecular complexity index is 439. The smallest absolute Gasteiger partial charge is 0.134 e. The Morgan fingerprint density at radius 1 is 1.25 bits per heavy atom. The Kier molecular flexibility index (Phi) is 3.64. The summed E-state index contributed by atoms with van der Waals surface area (Å²) in [4.78, 5) is 0. The first-order valence-electron chi connectivity index (χ1n) is 5.41. The van der Waals surface area contributed by atoms with E-state index >= 15 is 0 Å². The van der Waals surface area contributed by atoms with E-state index in [1.807, 2.05) is 18.2 Å². The molecule has 4 heteroatoms. The second-order valence-electron chi connectivity index (χ2n) is 3.71. The quantitative estimate of drug-likeness (QED) is 0.883. The molecule has 1 unspecified atom stereocenters. The molecule has 0 aliphatic rings. The average molecular weight is 233 g/mol. The van der Waals surface area contributed by atoms with Gasteiger partial charge in [-0.3, -0.25) is 0 Å². The van der Waals surface area contributed by atoms with Crippen LogP contribution >= 0.6 is 11.3 Å². The third-order valence-electron chi connectivity index (χ3n) is 2.44. The highest BCUT2D eigenvalue weighted by atomic mass is 32.1. The van der Waals surface area contributed by atoms with Gasteiger partial charge in [-0.25, -0.2) is 0 Å². The highest BCUT2D eigenvalue weighted by molar-refractivity contribution is 7.11. The zero-order valence-electron chi connectivity index (χ0n) is 9.26. The average Bonchev–Trinajstić information content (AvgIpc) is 2.78. The zero-order chi connectivity index (χ0) is 11.4. The largest absolute Gasteiger partial charge is 0.322 e. The van der Waals surface area contributed by atoms with Crippen molar-refractivity contribution >= 4 is 11.3 Å². The second kappa shape index (κ2) is 5.18. The number of rotatable bonds is 4. The number of hydrogen-bond acceptors (Lipinski definition) is 4. The lowest BCUT2D eigenvalue weighted by Gasteiger charge is -2.00. The van der Waals surface area contributed by atoms with Gasteiger partial charge in [-0.05, 0) is 12.0 Å². The molecule has 0 aliphatic carbocycles. The summed E-state index contributed by atoms with van der Waals surface area (Å²) in [6.07, 6.45) is 1.74. The molecule has 16 heavy (non-hydrogen) atoms. The molecule has 1 heterocycles. The van der Waals surface area contributed by atoms with Crippen LogP contribution in [0.2, 0.25) is 0 Å². The summed E-state index contributed by atoms with van der Waals surface area (Å²) in [6.45, 7) is 2.06. The molecule has 1 aromatic carbocycles. The Balaban J connectivity index is 2.09. The van der Waals surface area contributed by atoms with Crippen LogP contribution in [-0.2, 0) is 6.42 Å². The van der Waals surface area contributed by atoms with Crippen molar-refractivity contribution in [2.24, 2.45) is 5.73 Å². The molecule has 0 spiro atoms. The van der Waals surface area contributed by atoms with Crippen LogP contribution in [-0.4, -0.2) is 10.2 Å². The summed E-state index contributed by atoms with van der Waals surface area (Å²) in [7, 11) is 0. The molecule has 0 saturated carbocycles. The molecule has 2 rings (SSSR count). The molecular formula is C12H15N3S. The SMILES string of the molecule is CCC(N)c1nnc(Cc2ccccc2)s1. The molecular weight excluding hydrogens is 218 g/mol. The van der Waals surface area contributed by atoms with E-state index in [4.69, 9.17) is 5.73 Å². The van der Waals surface area contributed by atoms with Crippen molar-refractivity contribution < 1.29 is 0 Å². The lowest BCUT2D eigenvalue weighted by molar-refractivity contribution is 0.682. The highest BCUT2D eigenvalue weighted by Crippen LogP contribution is 2.20. The summed E-state index contributed by atoms with van der Waals surface area (Å²) in [6, 6.07) is 10.3. The van der Waals surface area contributed by atoms with Gasteiger partial charge in [-0.1, -0.05) is 48.6 Å². The molecule has 84 valence electrons. The number of benzene rings is 1. The van der Waals surface area contributed by atoms with Crippen LogP contribution in [0.15, 0.2) is 30.3 Å². The summed E-state index contributed by atoms with van der Waals surface area (Å²) in [5.41, 5.74) is 7.17. The lowest BCUT2D eigenvalue weighted by Crippen LogP contribution is -2.07. The minimum atomic E-state index is 0.0297. The maximum absolute atomic E-state index is 5.91. The third-order valence-corrected chi connectivity index (χ3v) is 3.49. The number of nitrogens with two attached hydrogens (primary N) is 1. The van der Waals surface area contributed by atoms with Crippen LogP contribution in [0.3, 0.4) is 0 Å². The standard InChI is InChI=1S/C12H15N3S/c1-2-10(13)12-15-14-11(16-12)8-9-6-4-3-5-7-9/h3-7,10H,2,8,13H2,1H3. The van der Waals surface area contributed by atoms with E-state index in [-0.39, 0.29) is 6.04 Å². The van der Waals surface area contributed by atoms with Gasteiger partial charge in [-0.15, -0.1) is 10.2 Å². The van der Waals surface area contributed by atoms with Gasteiger partial charge < -0.3 is 5.73 Å². The molecule has 0 fully saturated rings.